The first-order valence-electron chi connectivity index (χ1n) is 7.96. The number of benzene rings is 3. The van der Waals surface area contributed by atoms with E-state index >= 15 is 0 Å². The third-order valence-electron chi connectivity index (χ3n) is 3.49. The lowest BCUT2D eigenvalue weighted by atomic mass is 10.2. The maximum Gasteiger partial charge on any atom is 0.362 e. The minimum atomic E-state index is -0.538. The van der Waals surface area contributed by atoms with E-state index in [-0.39, 0.29) is 0 Å². The van der Waals surface area contributed by atoms with E-state index in [2.05, 4.69) is 15.7 Å². The fourth-order valence-electron chi connectivity index (χ4n) is 2.09. The third-order valence-corrected chi connectivity index (χ3v) is 3.74. The summed E-state index contributed by atoms with van der Waals surface area (Å²) in [5.74, 6) is -0.960. The van der Waals surface area contributed by atoms with Crippen LogP contribution in [-0.2, 0) is 4.84 Å². The highest BCUT2D eigenvalue weighted by molar-refractivity contribution is 6.30. The molecule has 0 saturated heterocycles. The highest BCUT2D eigenvalue weighted by Crippen LogP contribution is 2.18. The van der Waals surface area contributed by atoms with Crippen molar-refractivity contribution in [3.05, 3.63) is 95.0 Å². The van der Waals surface area contributed by atoms with Crippen molar-refractivity contribution < 1.29 is 14.4 Å². The average Bonchev–Trinajstić information content (AvgIpc) is 2.72. The topological polar surface area (TPSA) is 80.1 Å². The molecule has 0 saturated carbocycles. The van der Waals surface area contributed by atoms with Crippen molar-refractivity contribution in [2.24, 2.45) is 10.2 Å². The SMILES string of the molecule is O=C(N=Nc1ccc(NOC(=O)c2ccc(Cl)cc2)cc1)c1ccccc1. The van der Waals surface area contributed by atoms with Gasteiger partial charge in [-0.3, -0.25) is 4.79 Å². The van der Waals surface area contributed by atoms with Gasteiger partial charge in [-0.15, -0.1) is 10.2 Å². The number of halogens is 1. The average molecular weight is 380 g/mol. The minimum absolute atomic E-state index is 0.372. The highest BCUT2D eigenvalue weighted by Gasteiger charge is 2.07. The minimum Gasteiger partial charge on any atom is -0.338 e. The summed E-state index contributed by atoms with van der Waals surface area (Å²) < 4.78 is 0. The van der Waals surface area contributed by atoms with E-state index in [9.17, 15) is 9.59 Å². The van der Waals surface area contributed by atoms with Crippen molar-refractivity contribution >= 4 is 34.9 Å². The molecule has 0 heterocycles. The van der Waals surface area contributed by atoms with Gasteiger partial charge in [0.2, 0.25) is 0 Å². The second-order valence-electron chi connectivity index (χ2n) is 5.42. The number of amides is 1. The number of hydrogen-bond donors (Lipinski definition) is 1. The van der Waals surface area contributed by atoms with Gasteiger partial charge in [0, 0.05) is 10.6 Å². The van der Waals surface area contributed by atoms with E-state index in [1.165, 1.54) is 0 Å². The molecule has 0 aliphatic rings. The summed E-state index contributed by atoms with van der Waals surface area (Å²) in [6.07, 6.45) is 0. The molecule has 134 valence electrons. The molecule has 0 aliphatic heterocycles. The number of nitrogens with one attached hydrogen (secondary N) is 1. The van der Waals surface area contributed by atoms with Gasteiger partial charge in [0.1, 0.15) is 0 Å². The van der Waals surface area contributed by atoms with Crippen LogP contribution in [0.4, 0.5) is 11.4 Å². The predicted molar refractivity (Wildman–Crippen MR) is 102 cm³/mol. The Bertz CT molecular complexity index is 956. The standard InChI is InChI=1S/C20H14ClN3O3/c21-16-8-6-15(7-9-16)20(26)27-24-18-12-10-17(11-13-18)22-23-19(25)14-4-2-1-3-5-14/h1-13,24H. The molecule has 0 unspecified atom stereocenters. The zero-order chi connectivity index (χ0) is 19.1. The van der Waals surface area contributed by atoms with Crippen LogP contribution in [0, 0.1) is 0 Å². The van der Waals surface area contributed by atoms with E-state index < -0.39 is 11.9 Å². The smallest absolute Gasteiger partial charge is 0.338 e. The van der Waals surface area contributed by atoms with E-state index in [4.69, 9.17) is 16.4 Å². The number of nitrogens with zero attached hydrogens (tertiary/aromatic N) is 2. The molecule has 6 nitrogen and oxygen atoms in total. The van der Waals surface area contributed by atoms with Gasteiger partial charge in [0.15, 0.2) is 0 Å². The molecule has 1 amide bonds. The molecule has 0 bridgehead atoms. The van der Waals surface area contributed by atoms with E-state index in [0.29, 0.717) is 27.5 Å². The Labute approximate surface area is 160 Å². The first-order chi connectivity index (χ1) is 13.1. The van der Waals surface area contributed by atoms with Crippen LogP contribution in [0.2, 0.25) is 5.02 Å². The number of carbonyl (C=O) groups excluding carboxylic acids is 2. The van der Waals surface area contributed by atoms with Crippen molar-refractivity contribution in [2.75, 3.05) is 5.48 Å². The molecule has 0 aliphatic carbocycles. The van der Waals surface area contributed by atoms with Crippen LogP contribution < -0.4 is 5.48 Å². The van der Waals surface area contributed by atoms with Gasteiger partial charge in [-0.1, -0.05) is 29.8 Å². The van der Waals surface area contributed by atoms with Crippen LogP contribution in [0.5, 0.6) is 0 Å². The quantitative estimate of drug-likeness (QED) is 0.472. The van der Waals surface area contributed by atoms with Crippen molar-refractivity contribution in [1.82, 2.24) is 0 Å². The lowest BCUT2D eigenvalue weighted by Gasteiger charge is -2.06. The maximum atomic E-state index is 11.9. The highest BCUT2D eigenvalue weighted by atomic mass is 35.5. The molecule has 0 spiro atoms. The van der Waals surface area contributed by atoms with Gasteiger partial charge >= 0.3 is 5.97 Å². The van der Waals surface area contributed by atoms with Crippen LogP contribution >= 0.6 is 11.6 Å². The molecule has 0 aromatic heterocycles. The Morgan fingerprint density at radius 1 is 0.815 bits per heavy atom. The lowest BCUT2D eigenvalue weighted by Crippen LogP contribution is -2.10. The molecule has 0 radical (unpaired) electrons. The lowest BCUT2D eigenvalue weighted by molar-refractivity contribution is 0.0596. The summed E-state index contributed by atoms with van der Waals surface area (Å²) in [6.45, 7) is 0. The molecular formula is C20H14ClN3O3. The fraction of sp³-hybridized carbons (Fsp3) is 0. The summed E-state index contributed by atoms with van der Waals surface area (Å²) in [4.78, 5) is 28.8. The second-order valence-corrected chi connectivity index (χ2v) is 5.85. The Morgan fingerprint density at radius 3 is 2.15 bits per heavy atom. The van der Waals surface area contributed by atoms with Crippen LogP contribution in [0.3, 0.4) is 0 Å². The summed E-state index contributed by atoms with van der Waals surface area (Å²) >= 11 is 5.78. The summed E-state index contributed by atoms with van der Waals surface area (Å²) in [6, 6.07) is 21.6. The number of hydrogen-bond acceptors (Lipinski definition) is 5. The Hall–Kier alpha value is -3.51. The van der Waals surface area contributed by atoms with Crippen molar-refractivity contribution in [3.8, 4) is 0 Å². The number of anilines is 1. The van der Waals surface area contributed by atoms with Crippen molar-refractivity contribution in [1.29, 1.82) is 0 Å². The van der Waals surface area contributed by atoms with Gasteiger partial charge in [-0.2, -0.15) is 0 Å². The molecule has 7 heteroatoms. The normalized spacial score (nSPS) is 10.6. The van der Waals surface area contributed by atoms with Crippen LogP contribution in [0.1, 0.15) is 20.7 Å². The maximum absolute atomic E-state index is 11.9. The molecule has 3 rings (SSSR count). The van der Waals surface area contributed by atoms with Gasteiger partial charge in [-0.25, -0.2) is 10.3 Å². The number of carbonyl (C=O) groups is 2. The Morgan fingerprint density at radius 2 is 1.48 bits per heavy atom. The van der Waals surface area contributed by atoms with Gasteiger partial charge in [0.05, 0.1) is 16.9 Å². The molecule has 27 heavy (non-hydrogen) atoms. The van der Waals surface area contributed by atoms with E-state index in [0.717, 1.165) is 0 Å². The summed E-state index contributed by atoms with van der Waals surface area (Å²) in [5, 5.41) is 8.12. The monoisotopic (exact) mass is 379 g/mol. The van der Waals surface area contributed by atoms with Crippen LogP contribution in [-0.4, -0.2) is 11.9 Å². The zero-order valence-electron chi connectivity index (χ0n) is 14.0. The predicted octanol–water partition coefficient (Wildman–Crippen LogP) is 5.45. The first kappa shape index (κ1) is 18.3. The Balaban J connectivity index is 1.55. The van der Waals surface area contributed by atoms with Gasteiger partial charge < -0.3 is 4.84 Å². The molecule has 1 N–H and O–H groups in total. The molecular weight excluding hydrogens is 366 g/mol. The fourth-order valence-corrected chi connectivity index (χ4v) is 2.21. The van der Waals surface area contributed by atoms with E-state index in [1.807, 2.05) is 6.07 Å². The van der Waals surface area contributed by atoms with Crippen molar-refractivity contribution in [2.45, 2.75) is 0 Å². The first-order valence-corrected chi connectivity index (χ1v) is 8.33. The molecule has 3 aromatic rings. The number of rotatable bonds is 5. The second kappa shape index (κ2) is 8.73. The molecule has 0 atom stereocenters. The zero-order valence-corrected chi connectivity index (χ0v) is 14.8. The van der Waals surface area contributed by atoms with E-state index in [1.54, 1.807) is 72.8 Å². The van der Waals surface area contributed by atoms with Gasteiger partial charge in [-0.05, 0) is 60.7 Å². The van der Waals surface area contributed by atoms with Gasteiger partial charge in [0.25, 0.3) is 5.91 Å². The molecule has 3 aromatic carbocycles. The molecule has 0 fully saturated rings. The Kier molecular flexibility index (Phi) is 5.91. The summed E-state index contributed by atoms with van der Waals surface area (Å²) in [5.41, 5.74) is 4.43. The summed E-state index contributed by atoms with van der Waals surface area (Å²) in [7, 11) is 0. The largest absolute Gasteiger partial charge is 0.362 e. The number of azo groups is 1. The van der Waals surface area contributed by atoms with Crippen LogP contribution in [0.25, 0.3) is 0 Å². The third kappa shape index (κ3) is 5.23. The van der Waals surface area contributed by atoms with Crippen LogP contribution in [0.15, 0.2) is 89.1 Å². The van der Waals surface area contributed by atoms with Crippen molar-refractivity contribution in [3.63, 3.8) is 0 Å².